The predicted octanol–water partition coefficient (Wildman–Crippen LogP) is 29.2. The van der Waals surface area contributed by atoms with Crippen molar-refractivity contribution in [2.24, 2.45) is 20.7 Å². The van der Waals surface area contributed by atoms with Crippen LogP contribution in [-0.2, 0) is 0 Å². The molecule has 0 heterocycles. The normalized spacial score (nSPS) is 11.7. The van der Waals surface area contributed by atoms with Crippen molar-refractivity contribution < 1.29 is 49.4 Å². The molecule has 0 saturated carbocycles. The average Bonchev–Trinajstić information content (AvgIpc) is 0.664. The summed E-state index contributed by atoms with van der Waals surface area (Å²) in [5, 5.41) is 19.4. The molecule has 7 heteroatoms. The summed E-state index contributed by atoms with van der Waals surface area (Å²) in [6.45, 7) is 53.5. The summed E-state index contributed by atoms with van der Waals surface area (Å²) in [4.78, 5) is 0. The first-order chi connectivity index (χ1) is 45.6. The summed E-state index contributed by atoms with van der Waals surface area (Å²) in [7, 11) is 0. The van der Waals surface area contributed by atoms with E-state index in [1.807, 2.05) is 12.1 Å². The van der Waals surface area contributed by atoms with Crippen LogP contribution in [0.3, 0.4) is 0 Å². The van der Waals surface area contributed by atoms with Crippen molar-refractivity contribution in [3.05, 3.63) is 269 Å². The first kappa shape index (κ1) is 75.4. The number of aryl methyl sites for hydroxylation is 12. The van der Waals surface area contributed by atoms with Gasteiger partial charge >= 0.3 is 49.4 Å². The number of benzene rings is 10. The molecule has 97 heavy (non-hydrogen) atoms. The van der Waals surface area contributed by atoms with Crippen LogP contribution < -0.4 is 0 Å². The Kier molecular flexibility index (Phi) is 25.3. The molecule has 10 aromatic rings. The standard InChI is InChI=1S/2C45H52N3.Eu/c2*1-26(2)35-24-39(27(3)4)44(40(25-35)28(5)6)36-16-13-14-19-41(36)46-48-47-45-37(42-31(9)20-29(7)21-32(42)10)17-15-18-38(45)43-33(11)22-30(8)23-34(43)12;/h2*13-28H,1-12H3;/q2*-1;+2. The molecular formula is C90H104EuN6. The summed E-state index contributed by atoms with van der Waals surface area (Å²) in [6.07, 6.45) is 0. The number of rotatable bonds is 18. The number of nitrogens with zero attached hydrogens (tertiary/aromatic N) is 6. The van der Waals surface area contributed by atoms with Crippen molar-refractivity contribution in [3.63, 3.8) is 0 Å². The molecule has 0 aromatic heterocycles. The molecule has 0 aliphatic rings. The molecule has 0 bridgehead atoms. The zero-order valence-electron chi connectivity index (χ0n) is 62.5. The van der Waals surface area contributed by atoms with E-state index in [1.165, 1.54) is 134 Å². The molecule has 0 amide bonds. The first-order valence-electron chi connectivity index (χ1n) is 34.9. The van der Waals surface area contributed by atoms with E-state index in [2.05, 4.69) is 322 Å². The zero-order valence-corrected chi connectivity index (χ0v) is 65.0. The largest absolute Gasteiger partial charge is 2.00 e. The van der Waals surface area contributed by atoms with E-state index < -0.39 is 0 Å². The van der Waals surface area contributed by atoms with E-state index >= 15 is 0 Å². The Morgan fingerprint density at radius 3 is 0.680 bits per heavy atom. The van der Waals surface area contributed by atoms with Crippen LogP contribution in [0.15, 0.2) is 178 Å². The molecule has 6 nitrogen and oxygen atoms in total. The Morgan fingerprint density at radius 1 is 0.247 bits per heavy atom. The van der Waals surface area contributed by atoms with Crippen molar-refractivity contribution >= 4 is 22.7 Å². The van der Waals surface area contributed by atoms with Gasteiger partial charge in [0, 0.05) is 0 Å². The SMILES string of the molecule is Cc1cc(C)c(-c2cccc(-c3c(C)cc(C)cc3C)c2N=N[N-]c2ccccc2-c2c(C(C)C)cc(C(C)C)cc2C(C)C)c(C)c1.Cc1cc(C)c(-c2cccc(-c3c(C)cc(C)cc3C)c2N=N[N-]c2ccccc2-c2c(C(C)C)cc(C(C)C)cc2C(C)C)c(C)c1.[Eu+2]. The third-order valence-corrected chi connectivity index (χ3v) is 19.1. The van der Waals surface area contributed by atoms with Gasteiger partial charge in [-0.25, -0.2) is 0 Å². The molecule has 0 aliphatic carbocycles. The third-order valence-electron chi connectivity index (χ3n) is 19.1. The Morgan fingerprint density at radius 2 is 0.464 bits per heavy atom. The van der Waals surface area contributed by atoms with Gasteiger partial charge in [0.25, 0.3) is 0 Å². The molecule has 0 unspecified atom stereocenters. The van der Waals surface area contributed by atoms with E-state index in [-0.39, 0.29) is 49.4 Å². The molecule has 1 radical (unpaired) electrons. The van der Waals surface area contributed by atoms with Crippen LogP contribution in [0, 0.1) is 132 Å². The van der Waals surface area contributed by atoms with Gasteiger partial charge in [-0.1, -0.05) is 263 Å². The molecule has 0 saturated heterocycles. The molecule has 501 valence electrons. The van der Waals surface area contributed by atoms with Crippen LogP contribution in [0.4, 0.5) is 22.7 Å². The van der Waals surface area contributed by atoms with Crippen molar-refractivity contribution in [2.75, 3.05) is 0 Å². The van der Waals surface area contributed by atoms with E-state index in [4.69, 9.17) is 21.1 Å². The second-order valence-corrected chi connectivity index (χ2v) is 29.2. The summed E-state index contributed by atoms with van der Waals surface area (Å²) in [6, 6.07) is 57.4. The average molecular weight is 1420 g/mol. The molecule has 0 spiro atoms. The summed E-state index contributed by atoms with van der Waals surface area (Å²) >= 11 is 0. The van der Waals surface area contributed by atoms with Crippen LogP contribution in [0.25, 0.3) is 77.6 Å². The van der Waals surface area contributed by atoms with Gasteiger partial charge in [-0.2, -0.15) is 0 Å². The fourth-order valence-corrected chi connectivity index (χ4v) is 14.8. The topological polar surface area (TPSA) is 77.6 Å². The van der Waals surface area contributed by atoms with Crippen molar-refractivity contribution in [2.45, 2.75) is 202 Å². The van der Waals surface area contributed by atoms with Crippen molar-refractivity contribution in [1.82, 2.24) is 0 Å². The van der Waals surface area contributed by atoms with Crippen molar-refractivity contribution in [3.8, 4) is 66.8 Å². The van der Waals surface area contributed by atoms with Gasteiger partial charge in [-0.05, 0) is 286 Å². The minimum absolute atomic E-state index is 0. The maximum Gasteiger partial charge on any atom is 2.00 e. The Bertz CT molecular complexity index is 3980. The van der Waals surface area contributed by atoms with Gasteiger partial charge in [0.1, 0.15) is 0 Å². The van der Waals surface area contributed by atoms with Crippen molar-refractivity contribution in [1.29, 1.82) is 0 Å². The van der Waals surface area contributed by atoms with E-state index in [0.29, 0.717) is 35.5 Å². The molecule has 10 rings (SSSR count). The minimum Gasteiger partial charge on any atom is -0.350 e. The Labute approximate surface area is 624 Å². The van der Waals surface area contributed by atoms with E-state index in [1.54, 1.807) is 0 Å². The maximum absolute atomic E-state index is 5.01. The Hall–Kier alpha value is -7.42. The number of hydrogen-bond donors (Lipinski definition) is 0. The summed E-state index contributed by atoms with van der Waals surface area (Å²) < 4.78 is 0. The van der Waals surface area contributed by atoms with Gasteiger partial charge in [-0.3, -0.25) is 10.4 Å². The quantitative estimate of drug-likeness (QED) is 0.0606. The molecular weight excluding hydrogens is 1320 g/mol. The zero-order chi connectivity index (χ0) is 69.7. The monoisotopic (exact) mass is 1420 g/mol. The van der Waals surface area contributed by atoms with Crippen LogP contribution in [0.2, 0.25) is 0 Å². The number of hydrogen-bond acceptors (Lipinski definition) is 4. The van der Waals surface area contributed by atoms with Crippen LogP contribution in [-0.4, -0.2) is 0 Å². The van der Waals surface area contributed by atoms with Crippen LogP contribution in [0.5, 0.6) is 0 Å². The summed E-state index contributed by atoms with van der Waals surface area (Å²) in [5.74, 6) is 2.37. The molecule has 0 aliphatic heterocycles. The van der Waals surface area contributed by atoms with Gasteiger partial charge in [0.2, 0.25) is 0 Å². The molecule has 0 fully saturated rings. The molecule has 0 atom stereocenters. The minimum atomic E-state index is 0. The van der Waals surface area contributed by atoms with E-state index in [9.17, 15) is 0 Å². The van der Waals surface area contributed by atoms with Gasteiger partial charge in [0.05, 0.1) is 0 Å². The summed E-state index contributed by atoms with van der Waals surface area (Å²) in [5.41, 5.74) is 50.0. The fraction of sp³-hybridized carbons (Fsp3) is 0.333. The molecule has 0 N–H and O–H groups in total. The molecule has 10 aromatic carbocycles. The first-order valence-corrected chi connectivity index (χ1v) is 34.9. The van der Waals surface area contributed by atoms with Crippen LogP contribution >= 0.6 is 0 Å². The van der Waals surface area contributed by atoms with Gasteiger partial charge in [-0.15, -0.1) is 0 Å². The Balaban J connectivity index is 0.000000245. The van der Waals surface area contributed by atoms with Crippen LogP contribution in [0.1, 0.15) is 219 Å². The predicted molar refractivity (Wildman–Crippen MR) is 415 cm³/mol. The fourth-order valence-electron chi connectivity index (χ4n) is 14.8. The van der Waals surface area contributed by atoms with Gasteiger partial charge in [0.15, 0.2) is 0 Å². The third kappa shape index (κ3) is 16.8. The van der Waals surface area contributed by atoms with E-state index in [0.717, 1.165) is 56.1 Å². The smallest absolute Gasteiger partial charge is 0.350 e. The van der Waals surface area contributed by atoms with Gasteiger partial charge < -0.3 is 21.1 Å². The second-order valence-electron chi connectivity index (χ2n) is 29.2. The second kappa shape index (κ2) is 32.5. The maximum atomic E-state index is 5.01.